The smallest absolute Gasteiger partial charge is 0.343 e. The van der Waals surface area contributed by atoms with Crippen molar-refractivity contribution in [2.75, 3.05) is 4.90 Å². The molecule has 4 aromatic rings. The van der Waals surface area contributed by atoms with Crippen LogP contribution < -0.4 is 4.90 Å². The van der Waals surface area contributed by atoms with E-state index in [1.165, 1.54) is 17.7 Å². The predicted octanol–water partition coefficient (Wildman–Crippen LogP) is 6.04. The van der Waals surface area contributed by atoms with Gasteiger partial charge >= 0.3 is 12.4 Å². The van der Waals surface area contributed by atoms with Crippen LogP contribution in [0.1, 0.15) is 42.4 Å². The molecule has 3 atom stereocenters. The van der Waals surface area contributed by atoms with Gasteiger partial charge < -0.3 is 4.90 Å². The second-order valence-electron chi connectivity index (χ2n) is 8.71. The van der Waals surface area contributed by atoms with E-state index in [4.69, 9.17) is 0 Å². The number of rotatable bonds is 3. The van der Waals surface area contributed by atoms with Gasteiger partial charge in [-0.3, -0.25) is 4.57 Å². The lowest BCUT2D eigenvalue weighted by Crippen LogP contribution is -2.37. The van der Waals surface area contributed by atoms with Crippen LogP contribution in [0.15, 0.2) is 42.2 Å². The molecule has 1 aliphatic carbocycles. The molecule has 4 heterocycles. The molecule has 6 rings (SSSR count). The summed E-state index contributed by atoms with van der Waals surface area (Å²) in [6.45, 7) is 0. The van der Waals surface area contributed by atoms with Crippen molar-refractivity contribution < 1.29 is 26.3 Å². The molecule has 1 aromatic carbocycles. The van der Waals surface area contributed by atoms with E-state index in [0.29, 0.717) is 24.7 Å². The van der Waals surface area contributed by atoms with Gasteiger partial charge in [-0.2, -0.15) is 26.3 Å². The number of anilines is 1. The minimum atomic E-state index is -5.02. The fraction of sp³-hybridized carbons (Fsp3) is 0.364. The molecule has 0 amide bonds. The maximum atomic E-state index is 13.5. The number of nitrogens with zero attached hydrogens (tertiary/aromatic N) is 6. The Kier molecular flexibility index (Phi) is 4.86. The van der Waals surface area contributed by atoms with Gasteiger partial charge in [-0.05, 0) is 49.4 Å². The Morgan fingerprint density at radius 1 is 1.00 bits per heavy atom. The van der Waals surface area contributed by atoms with Crippen molar-refractivity contribution in [1.29, 1.82) is 0 Å². The van der Waals surface area contributed by atoms with Gasteiger partial charge in [0.25, 0.3) is 0 Å². The van der Waals surface area contributed by atoms with E-state index in [2.05, 4.69) is 20.2 Å². The minimum Gasteiger partial charge on any atom is -0.343 e. The van der Waals surface area contributed by atoms with Crippen LogP contribution in [0.2, 0.25) is 0 Å². The summed E-state index contributed by atoms with van der Waals surface area (Å²) in [4.78, 5) is 9.55. The van der Waals surface area contributed by atoms with Gasteiger partial charge in [-0.15, -0.1) is 21.5 Å². The van der Waals surface area contributed by atoms with Gasteiger partial charge in [0.15, 0.2) is 5.82 Å². The topological polar surface area (TPSA) is 59.7 Å². The van der Waals surface area contributed by atoms with E-state index < -0.39 is 29.7 Å². The summed E-state index contributed by atoms with van der Waals surface area (Å²) < 4.78 is 83.8. The number of alkyl halides is 6. The van der Waals surface area contributed by atoms with Crippen molar-refractivity contribution in [3.63, 3.8) is 0 Å². The normalized spacial score (nSPS) is 22.5. The first-order chi connectivity index (χ1) is 16.6. The van der Waals surface area contributed by atoms with Crippen LogP contribution in [0.5, 0.6) is 0 Å². The first-order valence-electron chi connectivity index (χ1n) is 10.8. The Bertz CT molecular complexity index is 1380. The van der Waals surface area contributed by atoms with Crippen LogP contribution in [0.25, 0.3) is 15.9 Å². The molecule has 1 saturated carbocycles. The summed E-state index contributed by atoms with van der Waals surface area (Å²) in [6.07, 6.45) is -6.40. The van der Waals surface area contributed by atoms with Crippen molar-refractivity contribution in [1.82, 2.24) is 24.7 Å². The minimum absolute atomic E-state index is 0.00528. The van der Waals surface area contributed by atoms with Crippen molar-refractivity contribution in [2.45, 2.75) is 43.7 Å². The molecule has 6 nitrogen and oxygen atoms in total. The van der Waals surface area contributed by atoms with E-state index in [-0.39, 0.29) is 23.8 Å². The number of hydrogen-bond acceptors (Lipinski definition) is 6. The zero-order chi connectivity index (χ0) is 24.5. The number of hydrogen-bond donors (Lipinski definition) is 0. The molecule has 35 heavy (non-hydrogen) atoms. The maximum absolute atomic E-state index is 13.5. The molecule has 0 N–H and O–H groups in total. The Morgan fingerprint density at radius 2 is 1.83 bits per heavy atom. The van der Waals surface area contributed by atoms with Crippen molar-refractivity contribution in [3.8, 4) is 5.69 Å². The maximum Gasteiger partial charge on any atom is 0.433 e. The monoisotopic (exact) mass is 510 g/mol. The van der Waals surface area contributed by atoms with Crippen LogP contribution in [0.3, 0.4) is 0 Å². The van der Waals surface area contributed by atoms with Crippen molar-refractivity contribution in [3.05, 3.63) is 59.3 Å². The third kappa shape index (κ3) is 3.63. The third-order valence-corrected chi connectivity index (χ3v) is 7.58. The first-order valence-corrected chi connectivity index (χ1v) is 11.7. The zero-order valence-electron chi connectivity index (χ0n) is 17.8. The van der Waals surface area contributed by atoms with E-state index in [9.17, 15) is 26.3 Å². The average molecular weight is 510 g/mol. The molecular weight excluding hydrogens is 494 g/mol. The number of piperidine rings is 1. The number of pyridine rings is 1. The SMILES string of the molecule is FC(F)(F)c1cc(N2[C@@H]3CC[C@@H](C3)[C@H]2c2nncn2-c2cccc3ncsc23)nc(C(F)(F)F)c1. The Hall–Kier alpha value is -3.22. The largest absolute Gasteiger partial charge is 0.433 e. The quantitative estimate of drug-likeness (QED) is 0.315. The molecule has 1 saturated heterocycles. The van der Waals surface area contributed by atoms with Crippen LogP contribution in [0, 0.1) is 5.92 Å². The third-order valence-electron chi connectivity index (χ3n) is 6.71. The molecule has 1 aliphatic heterocycles. The summed E-state index contributed by atoms with van der Waals surface area (Å²) >= 11 is 1.42. The number of halogens is 6. The predicted molar refractivity (Wildman–Crippen MR) is 115 cm³/mol. The molecule has 13 heteroatoms. The Morgan fingerprint density at radius 3 is 2.60 bits per heavy atom. The van der Waals surface area contributed by atoms with Gasteiger partial charge in [-0.1, -0.05) is 6.07 Å². The molecule has 0 unspecified atom stereocenters. The molecule has 3 aromatic heterocycles. The second-order valence-corrected chi connectivity index (χ2v) is 9.57. The molecule has 0 radical (unpaired) electrons. The number of aromatic nitrogens is 5. The van der Waals surface area contributed by atoms with E-state index in [1.54, 1.807) is 15.0 Å². The lowest BCUT2D eigenvalue weighted by molar-refractivity contribution is -0.145. The summed E-state index contributed by atoms with van der Waals surface area (Å²) in [5, 5.41) is 8.34. The summed E-state index contributed by atoms with van der Waals surface area (Å²) in [6, 6.07) is 5.48. The molecule has 2 bridgehead atoms. The van der Waals surface area contributed by atoms with Gasteiger partial charge in [0.05, 0.1) is 33.0 Å². The number of thiazole rings is 1. The van der Waals surface area contributed by atoms with Crippen LogP contribution in [-0.2, 0) is 12.4 Å². The standard InChI is InChI=1S/C22H16F6N6S/c23-21(24,25)12-7-16(22(26,27)28)31-17(8-12)34-13-5-4-11(6-13)18(34)20-32-30-9-33(20)15-3-1-2-14-19(15)35-10-29-14/h1-3,7-11,13,18H,4-6H2/t11-,13+,18-/m0/s1. The van der Waals surface area contributed by atoms with Crippen molar-refractivity contribution in [2.24, 2.45) is 5.92 Å². The molecule has 2 fully saturated rings. The van der Waals surface area contributed by atoms with E-state index in [1.807, 2.05) is 18.2 Å². The summed E-state index contributed by atoms with van der Waals surface area (Å²) in [5.74, 6) is 0.0927. The van der Waals surface area contributed by atoms with Crippen LogP contribution >= 0.6 is 11.3 Å². The highest BCUT2D eigenvalue weighted by atomic mass is 32.1. The van der Waals surface area contributed by atoms with Crippen molar-refractivity contribution >= 4 is 27.4 Å². The van der Waals surface area contributed by atoms with Gasteiger partial charge in [0.2, 0.25) is 0 Å². The van der Waals surface area contributed by atoms with Gasteiger partial charge in [0.1, 0.15) is 17.8 Å². The number of benzene rings is 1. The molecular formula is C22H16F6N6S. The number of fused-ring (bicyclic) bond motifs is 3. The summed E-state index contributed by atoms with van der Waals surface area (Å²) in [7, 11) is 0. The second kappa shape index (κ2) is 7.64. The van der Waals surface area contributed by atoms with Crippen LogP contribution in [0.4, 0.5) is 32.2 Å². The average Bonchev–Trinajstić information content (AvgIpc) is 3.60. The molecule has 2 aliphatic rings. The highest BCUT2D eigenvalue weighted by molar-refractivity contribution is 7.17. The van der Waals surface area contributed by atoms with Gasteiger partial charge in [0, 0.05) is 6.04 Å². The van der Waals surface area contributed by atoms with E-state index >= 15 is 0 Å². The Labute approximate surface area is 198 Å². The fourth-order valence-corrected chi connectivity index (χ4v) is 6.10. The highest BCUT2D eigenvalue weighted by Crippen LogP contribution is 2.52. The van der Waals surface area contributed by atoms with E-state index in [0.717, 1.165) is 22.3 Å². The van der Waals surface area contributed by atoms with Gasteiger partial charge in [-0.25, -0.2) is 9.97 Å². The fourth-order valence-electron chi connectivity index (χ4n) is 5.30. The first kappa shape index (κ1) is 22.3. The highest BCUT2D eigenvalue weighted by Gasteiger charge is 2.50. The Balaban J connectivity index is 1.50. The zero-order valence-corrected chi connectivity index (χ0v) is 18.6. The van der Waals surface area contributed by atoms with Crippen LogP contribution in [-0.4, -0.2) is 30.8 Å². The lowest BCUT2D eigenvalue weighted by Gasteiger charge is -2.36. The summed E-state index contributed by atoms with van der Waals surface area (Å²) in [5.41, 5.74) is 0.270. The lowest BCUT2D eigenvalue weighted by atomic mass is 9.97. The molecule has 182 valence electrons. The molecule has 0 spiro atoms.